The maximum absolute atomic E-state index is 14.4. The van der Waals surface area contributed by atoms with Crippen molar-refractivity contribution in [1.29, 1.82) is 0 Å². The molecule has 2 saturated heterocycles. The summed E-state index contributed by atoms with van der Waals surface area (Å²) in [6.45, 7) is 6.64. The fourth-order valence-electron chi connectivity index (χ4n) is 7.32. The molecule has 25 heteroatoms. The number of nitrogens with zero attached hydrogens (tertiary/aromatic N) is 1. The van der Waals surface area contributed by atoms with Crippen LogP contribution in [0.25, 0.3) is 0 Å². The number of primary amides is 3. The Bertz CT molecular complexity index is 2020. The van der Waals surface area contributed by atoms with Crippen molar-refractivity contribution in [3.05, 3.63) is 35.6 Å². The lowest BCUT2D eigenvalue weighted by Crippen LogP contribution is -2.61. The normalized spacial score (nSPS) is 23.4. The standard InChI is InChI=1S/C43H64FN11O11S2/c1-5-23(4)36-42(65)50-26(12-13-32(45)56)38(61)51-29(19-33(46)57)39(62)53-30(21-68-67-16-14-35(59)49-28(40(63)54-36)18-24-8-10-25(44)11-9-24)43(66)55-15-6-7-31(55)41(64)52-27(17-22(2)3)37(60)48-20-34(47)58/h8-11,22-23,26-31,36H,5-7,12-21H2,1-4H3,(H2,45,56)(H2,46,57)(H2,47,58)(H,48,60)(H,49,59)(H,50,65)(H,51,61)(H,52,64)(H,53,62)(H,54,63). The highest BCUT2D eigenvalue weighted by molar-refractivity contribution is 8.76. The van der Waals surface area contributed by atoms with E-state index in [1.165, 1.54) is 29.2 Å². The molecular formula is C43H64FN11O11S2. The van der Waals surface area contributed by atoms with Gasteiger partial charge in [0.15, 0.2) is 0 Å². The lowest BCUT2D eigenvalue weighted by atomic mass is 9.96. The summed E-state index contributed by atoms with van der Waals surface area (Å²) in [4.78, 5) is 147. The highest BCUT2D eigenvalue weighted by Crippen LogP contribution is 2.26. The number of amides is 11. The van der Waals surface area contributed by atoms with Gasteiger partial charge in [-0.25, -0.2) is 4.39 Å². The number of likely N-dealkylation sites (tertiary alicyclic amines) is 1. The monoisotopic (exact) mass is 993 g/mol. The Kier molecular flexibility index (Phi) is 23.0. The van der Waals surface area contributed by atoms with Crippen LogP contribution in [0.15, 0.2) is 24.3 Å². The molecule has 68 heavy (non-hydrogen) atoms. The maximum Gasteiger partial charge on any atom is 0.246 e. The highest BCUT2D eigenvalue weighted by atomic mass is 33.1. The van der Waals surface area contributed by atoms with Crippen LogP contribution in [0.3, 0.4) is 0 Å². The predicted molar refractivity (Wildman–Crippen MR) is 249 cm³/mol. The van der Waals surface area contributed by atoms with Gasteiger partial charge in [0, 0.05) is 37.3 Å². The van der Waals surface area contributed by atoms with Gasteiger partial charge in [0.2, 0.25) is 65.0 Å². The number of benzene rings is 1. The molecule has 2 fully saturated rings. The molecule has 1 aromatic carbocycles. The number of hydrogen-bond acceptors (Lipinski definition) is 13. The molecule has 1 aromatic rings. The van der Waals surface area contributed by atoms with Crippen molar-refractivity contribution in [3.63, 3.8) is 0 Å². The van der Waals surface area contributed by atoms with Gasteiger partial charge < -0.3 is 59.3 Å². The second-order valence-electron chi connectivity index (χ2n) is 17.1. The van der Waals surface area contributed by atoms with Gasteiger partial charge >= 0.3 is 0 Å². The molecule has 0 radical (unpaired) electrons. The lowest BCUT2D eigenvalue weighted by molar-refractivity contribution is -0.142. The zero-order valence-electron chi connectivity index (χ0n) is 38.6. The molecule has 2 heterocycles. The Morgan fingerprint density at radius 3 is 2.07 bits per heavy atom. The van der Waals surface area contributed by atoms with Gasteiger partial charge in [-0.15, -0.1) is 0 Å². The first kappa shape index (κ1) is 56.3. The average Bonchev–Trinajstić information content (AvgIpc) is 3.77. The van der Waals surface area contributed by atoms with Gasteiger partial charge in [-0.05, 0) is 55.2 Å². The van der Waals surface area contributed by atoms with Crippen LogP contribution in [-0.4, -0.2) is 137 Å². The van der Waals surface area contributed by atoms with Crippen molar-refractivity contribution in [3.8, 4) is 0 Å². The van der Waals surface area contributed by atoms with Crippen molar-refractivity contribution in [1.82, 2.24) is 42.1 Å². The Balaban J connectivity index is 2.02. The Morgan fingerprint density at radius 1 is 0.809 bits per heavy atom. The zero-order valence-corrected chi connectivity index (χ0v) is 40.2. The van der Waals surface area contributed by atoms with E-state index in [0.29, 0.717) is 18.4 Å². The summed E-state index contributed by atoms with van der Waals surface area (Å²) in [5, 5.41) is 17.9. The van der Waals surface area contributed by atoms with Crippen LogP contribution in [0.5, 0.6) is 0 Å². The van der Waals surface area contributed by atoms with E-state index < -0.39 is 138 Å². The van der Waals surface area contributed by atoms with Crippen LogP contribution in [0.4, 0.5) is 4.39 Å². The zero-order chi connectivity index (χ0) is 50.7. The van der Waals surface area contributed by atoms with Crippen molar-refractivity contribution >= 4 is 86.6 Å². The summed E-state index contributed by atoms with van der Waals surface area (Å²) in [6.07, 6.45) is -0.761. The molecule has 3 rings (SSSR count). The minimum absolute atomic E-state index is 0.0665. The largest absolute Gasteiger partial charge is 0.370 e. The Labute approximate surface area is 401 Å². The SMILES string of the molecule is CCC(C)C1NC(=O)C(Cc2ccc(F)cc2)NC(=O)CCSSCC(C(=O)N2CCCC2C(=O)NC(CC(C)C)C(=O)NCC(N)=O)NC(=O)C(CC(N)=O)NC(=O)C(CCC(N)=O)NC1=O. The fraction of sp³-hybridized carbons (Fsp3) is 0.605. The topological polar surface area (TPSA) is 353 Å². The second-order valence-corrected chi connectivity index (χ2v) is 19.7. The number of nitrogens with two attached hydrogens (primary N) is 3. The molecule has 0 aliphatic carbocycles. The second kappa shape index (κ2) is 27.7. The van der Waals surface area contributed by atoms with E-state index in [0.717, 1.165) is 21.6 Å². The molecule has 8 atom stereocenters. The third-order valence-electron chi connectivity index (χ3n) is 11.1. The van der Waals surface area contributed by atoms with E-state index in [9.17, 15) is 57.1 Å². The van der Waals surface area contributed by atoms with Crippen LogP contribution in [-0.2, 0) is 59.2 Å². The minimum atomic E-state index is -1.74. The third-order valence-corrected chi connectivity index (χ3v) is 13.5. The molecule has 13 N–H and O–H groups in total. The van der Waals surface area contributed by atoms with Crippen molar-refractivity contribution in [2.75, 3.05) is 24.6 Å². The maximum atomic E-state index is 14.4. The first-order valence-electron chi connectivity index (χ1n) is 22.3. The van der Waals surface area contributed by atoms with Crippen LogP contribution in [0.2, 0.25) is 0 Å². The molecule has 8 unspecified atom stereocenters. The number of carbonyl (C=O) groups excluding carboxylic acids is 11. The lowest BCUT2D eigenvalue weighted by Gasteiger charge is -2.31. The van der Waals surface area contributed by atoms with Gasteiger partial charge in [0.05, 0.1) is 13.0 Å². The minimum Gasteiger partial charge on any atom is -0.370 e. The van der Waals surface area contributed by atoms with Crippen LogP contribution in [0.1, 0.15) is 84.6 Å². The van der Waals surface area contributed by atoms with E-state index in [4.69, 9.17) is 17.2 Å². The number of hydrogen-bond donors (Lipinski definition) is 10. The number of nitrogens with one attached hydrogen (secondary N) is 7. The molecule has 0 bridgehead atoms. The summed E-state index contributed by atoms with van der Waals surface area (Å²) < 4.78 is 13.8. The first-order valence-corrected chi connectivity index (χ1v) is 24.8. The summed E-state index contributed by atoms with van der Waals surface area (Å²) in [6, 6.07) is -4.23. The van der Waals surface area contributed by atoms with Gasteiger partial charge in [0.25, 0.3) is 0 Å². The number of halogens is 1. The van der Waals surface area contributed by atoms with Gasteiger partial charge in [-0.3, -0.25) is 52.7 Å². The molecule has 11 amide bonds. The molecule has 376 valence electrons. The number of carbonyl (C=O) groups is 11. The molecule has 2 aliphatic rings. The summed E-state index contributed by atoms with van der Waals surface area (Å²) >= 11 is 0. The van der Waals surface area contributed by atoms with Crippen molar-refractivity contribution in [2.24, 2.45) is 29.0 Å². The first-order chi connectivity index (χ1) is 32.1. The van der Waals surface area contributed by atoms with E-state index in [1.807, 2.05) is 13.8 Å². The molecule has 0 aromatic heterocycles. The summed E-state index contributed by atoms with van der Waals surface area (Å²) in [5.41, 5.74) is 16.6. The highest BCUT2D eigenvalue weighted by Gasteiger charge is 2.41. The fourth-order valence-corrected chi connectivity index (χ4v) is 9.46. The third kappa shape index (κ3) is 18.6. The molecule has 0 saturated carbocycles. The smallest absolute Gasteiger partial charge is 0.246 e. The molecule has 22 nitrogen and oxygen atoms in total. The van der Waals surface area contributed by atoms with Gasteiger partial charge in [0.1, 0.15) is 48.1 Å². The van der Waals surface area contributed by atoms with E-state index >= 15 is 0 Å². The molecule has 2 aliphatic heterocycles. The Morgan fingerprint density at radius 2 is 1.46 bits per heavy atom. The van der Waals surface area contributed by atoms with E-state index in [1.54, 1.807) is 13.8 Å². The van der Waals surface area contributed by atoms with Crippen molar-refractivity contribution < 1.29 is 57.1 Å². The molecular weight excluding hydrogens is 930 g/mol. The van der Waals surface area contributed by atoms with Crippen LogP contribution in [0, 0.1) is 17.7 Å². The molecule has 0 spiro atoms. The number of rotatable bonds is 17. The quantitative estimate of drug-likeness (QED) is 0.0749. The van der Waals surface area contributed by atoms with Crippen LogP contribution >= 0.6 is 21.6 Å². The van der Waals surface area contributed by atoms with Gasteiger partial charge in [-0.2, -0.15) is 0 Å². The summed E-state index contributed by atoms with van der Waals surface area (Å²) in [7, 11) is 2.21. The van der Waals surface area contributed by atoms with E-state index in [2.05, 4.69) is 37.2 Å². The van der Waals surface area contributed by atoms with Crippen LogP contribution < -0.4 is 54.4 Å². The predicted octanol–water partition coefficient (Wildman–Crippen LogP) is -2.11. The average molecular weight is 994 g/mol. The van der Waals surface area contributed by atoms with Gasteiger partial charge in [-0.1, -0.05) is 67.8 Å². The summed E-state index contributed by atoms with van der Waals surface area (Å²) in [5.74, 6) is -10.3. The van der Waals surface area contributed by atoms with Crippen molar-refractivity contribution in [2.45, 2.75) is 128 Å². The Hall–Kier alpha value is -5.98. The van der Waals surface area contributed by atoms with E-state index in [-0.39, 0.29) is 56.1 Å².